The van der Waals surface area contributed by atoms with E-state index >= 15 is 0 Å². The third-order valence-corrected chi connectivity index (χ3v) is 2.02. The Morgan fingerprint density at radius 3 is 1.53 bits per heavy atom. The highest BCUT2D eigenvalue weighted by Crippen LogP contribution is 2.17. The number of hydrogen-bond acceptors (Lipinski definition) is 2. The third-order valence-electron chi connectivity index (χ3n) is 2.02. The van der Waals surface area contributed by atoms with E-state index in [1.54, 1.807) is 24.3 Å². The van der Waals surface area contributed by atoms with Gasteiger partial charge in [-0.15, -0.1) is 0 Å². The Morgan fingerprint density at radius 1 is 0.706 bits per heavy atom. The lowest BCUT2D eigenvalue weighted by Crippen LogP contribution is -2.12. The summed E-state index contributed by atoms with van der Waals surface area (Å²) in [4.78, 5) is 0. The maximum Gasteiger partial charge on any atom is 0.658 e. The number of hydrogen-bond donors (Lipinski definition) is 0. The SMILES string of the molecule is Fc1ccccc1O[B]Oc1ccccc1F. The molecule has 17 heavy (non-hydrogen) atoms. The van der Waals surface area contributed by atoms with Gasteiger partial charge in [-0.05, 0) is 24.3 Å². The van der Waals surface area contributed by atoms with Crippen LogP contribution in [0.5, 0.6) is 11.5 Å². The number of rotatable bonds is 4. The lowest BCUT2D eigenvalue weighted by atomic mass is 10.3. The van der Waals surface area contributed by atoms with Crippen LogP contribution in [0.2, 0.25) is 0 Å². The van der Waals surface area contributed by atoms with Crippen LogP contribution in [0, 0.1) is 11.6 Å². The summed E-state index contributed by atoms with van der Waals surface area (Å²) in [5.41, 5.74) is 0. The van der Waals surface area contributed by atoms with Crippen molar-refractivity contribution in [1.29, 1.82) is 0 Å². The fourth-order valence-electron chi connectivity index (χ4n) is 1.21. The van der Waals surface area contributed by atoms with Gasteiger partial charge in [-0.3, -0.25) is 0 Å². The highest BCUT2D eigenvalue weighted by molar-refractivity contribution is 6.20. The Balaban J connectivity index is 1.93. The zero-order valence-corrected chi connectivity index (χ0v) is 8.77. The predicted molar refractivity (Wildman–Crippen MR) is 59.8 cm³/mol. The van der Waals surface area contributed by atoms with Crippen molar-refractivity contribution in [3.63, 3.8) is 0 Å². The molecular weight excluding hydrogens is 225 g/mol. The average molecular weight is 233 g/mol. The molecule has 0 N–H and O–H groups in total. The van der Waals surface area contributed by atoms with E-state index in [1.807, 2.05) is 0 Å². The number of halogens is 2. The molecule has 0 aliphatic rings. The van der Waals surface area contributed by atoms with Gasteiger partial charge in [0.05, 0.1) is 0 Å². The smallest absolute Gasteiger partial charge is 0.524 e. The Morgan fingerprint density at radius 2 is 1.12 bits per heavy atom. The van der Waals surface area contributed by atoms with Crippen LogP contribution in [-0.4, -0.2) is 7.69 Å². The summed E-state index contributed by atoms with van der Waals surface area (Å²) in [6.07, 6.45) is 0. The monoisotopic (exact) mass is 233 g/mol. The van der Waals surface area contributed by atoms with Crippen molar-refractivity contribution < 1.29 is 18.1 Å². The summed E-state index contributed by atoms with van der Waals surface area (Å²) >= 11 is 0. The van der Waals surface area contributed by atoms with Crippen LogP contribution in [0.25, 0.3) is 0 Å². The Hall–Kier alpha value is -2.04. The molecule has 0 aromatic heterocycles. The molecule has 2 aromatic rings. The Labute approximate surface area is 98.1 Å². The van der Waals surface area contributed by atoms with Gasteiger partial charge >= 0.3 is 7.69 Å². The highest BCUT2D eigenvalue weighted by atomic mass is 19.1. The zero-order valence-electron chi connectivity index (χ0n) is 8.77. The molecule has 2 nitrogen and oxygen atoms in total. The summed E-state index contributed by atoms with van der Waals surface area (Å²) in [5, 5.41) is 0. The molecule has 0 spiro atoms. The van der Waals surface area contributed by atoms with Crippen LogP contribution in [0.3, 0.4) is 0 Å². The van der Waals surface area contributed by atoms with E-state index < -0.39 is 11.6 Å². The second kappa shape index (κ2) is 5.34. The van der Waals surface area contributed by atoms with Crippen LogP contribution >= 0.6 is 0 Å². The molecule has 0 fully saturated rings. The molecule has 2 aromatic carbocycles. The summed E-state index contributed by atoms with van der Waals surface area (Å²) in [6.45, 7) is 0. The minimum Gasteiger partial charge on any atom is -0.524 e. The molecule has 0 atom stereocenters. The lowest BCUT2D eigenvalue weighted by molar-refractivity contribution is 0.421. The predicted octanol–water partition coefficient (Wildman–Crippen LogP) is 2.96. The Bertz CT molecular complexity index is 460. The molecular formula is C12H8BF2O2. The molecule has 0 heterocycles. The van der Waals surface area contributed by atoms with Crippen molar-refractivity contribution in [2.45, 2.75) is 0 Å². The normalized spacial score (nSPS) is 9.76. The van der Waals surface area contributed by atoms with Crippen molar-refractivity contribution in [2.75, 3.05) is 0 Å². The van der Waals surface area contributed by atoms with Gasteiger partial charge in [-0.2, -0.15) is 0 Å². The van der Waals surface area contributed by atoms with E-state index in [2.05, 4.69) is 0 Å². The van der Waals surface area contributed by atoms with Crippen LogP contribution in [0.4, 0.5) is 8.78 Å². The third kappa shape index (κ3) is 2.97. The molecule has 0 aliphatic heterocycles. The molecule has 1 radical (unpaired) electrons. The lowest BCUT2D eigenvalue weighted by Gasteiger charge is -2.07. The van der Waals surface area contributed by atoms with Crippen molar-refractivity contribution in [2.24, 2.45) is 0 Å². The molecule has 0 saturated heterocycles. The number of benzene rings is 2. The first-order valence-electron chi connectivity index (χ1n) is 4.91. The van der Waals surface area contributed by atoms with Gasteiger partial charge in [0.1, 0.15) is 11.5 Å². The van der Waals surface area contributed by atoms with Crippen molar-refractivity contribution in [3.8, 4) is 11.5 Å². The van der Waals surface area contributed by atoms with E-state index in [0.29, 0.717) is 0 Å². The average Bonchev–Trinajstić information content (AvgIpc) is 2.34. The molecule has 2 rings (SSSR count). The standard InChI is InChI=1S/C12H8BF2O2/c14-9-5-1-3-7-11(9)16-13-17-12-8-4-2-6-10(12)15/h1-8H. The first-order chi connectivity index (χ1) is 8.27. The van der Waals surface area contributed by atoms with Gasteiger partial charge in [-0.1, -0.05) is 24.3 Å². The minimum absolute atomic E-state index is 0.0174. The molecule has 0 bridgehead atoms. The van der Waals surface area contributed by atoms with Crippen LogP contribution in [-0.2, 0) is 0 Å². The van der Waals surface area contributed by atoms with E-state index in [9.17, 15) is 8.78 Å². The molecule has 0 aliphatic carbocycles. The second-order valence-electron chi connectivity index (χ2n) is 3.19. The van der Waals surface area contributed by atoms with Gasteiger partial charge in [0, 0.05) is 0 Å². The van der Waals surface area contributed by atoms with E-state index in [-0.39, 0.29) is 11.5 Å². The van der Waals surface area contributed by atoms with Crippen LogP contribution < -0.4 is 9.31 Å². The second-order valence-corrected chi connectivity index (χ2v) is 3.19. The summed E-state index contributed by atoms with van der Waals surface area (Å²) in [7, 11) is 0.886. The quantitative estimate of drug-likeness (QED) is 0.755. The van der Waals surface area contributed by atoms with Gasteiger partial charge in [0.2, 0.25) is 0 Å². The van der Waals surface area contributed by atoms with Crippen LogP contribution in [0.15, 0.2) is 48.5 Å². The molecule has 85 valence electrons. The van der Waals surface area contributed by atoms with Crippen LogP contribution in [0.1, 0.15) is 0 Å². The number of para-hydroxylation sites is 2. The van der Waals surface area contributed by atoms with Crippen molar-refractivity contribution >= 4 is 7.69 Å². The molecule has 0 unspecified atom stereocenters. The van der Waals surface area contributed by atoms with Crippen molar-refractivity contribution in [3.05, 3.63) is 60.2 Å². The fourth-order valence-corrected chi connectivity index (χ4v) is 1.21. The van der Waals surface area contributed by atoms with Gasteiger partial charge in [-0.25, -0.2) is 8.78 Å². The topological polar surface area (TPSA) is 18.5 Å². The minimum atomic E-state index is -0.513. The zero-order chi connectivity index (χ0) is 12.1. The fraction of sp³-hybridized carbons (Fsp3) is 0. The summed E-state index contributed by atoms with van der Waals surface area (Å²) < 4.78 is 36.1. The summed E-state index contributed by atoms with van der Waals surface area (Å²) in [5.74, 6) is -0.991. The van der Waals surface area contributed by atoms with Gasteiger partial charge in [0.25, 0.3) is 0 Å². The maximum atomic E-state index is 13.1. The molecule has 0 saturated carbocycles. The molecule has 5 heteroatoms. The van der Waals surface area contributed by atoms with E-state index in [1.165, 1.54) is 24.3 Å². The summed E-state index contributed by atoms with van der Waals surface area (Å²) in [6, 6.07) is 11.7. The largest absolute Gasteiger partial charge is 0.658 e. The van der Waals surface area contributed by atoms with E-state index in [4.69, 9.17) is 9.31 Å². The van der Waals surface area contributed by atoms with Gasteiger partial charge in [0.15, 0.2) is 11.6 Å². The van der Waals surface area contributed by atoms with Gasteiger partial charge < -0.3 is 9.31 Å². The first kappa shape index (κ1) is 11.5. The van der Waals surface area contributed by atoms with Crippen molar-refractivity contribution in [1.82, 2.24) is 0 Å². The Kier molecular flexibility index (Phi) is 3.60. The maximum absolute atomic E-state index is 13.1. The van der Waals surface area contributed by atoms with E-state index in [0.717, 1.165) is 7.69 Å². The highest BCUT2D eigenvalue weighted by Gasteiger charge is 2.07. The molecule has 0 amide bonds. The first-order valence-corrected chi connectivity index (χ1v) is 4.91.